The summed E-state index contributed by atoms with van der Waals surface area (Å²) in [6, 6.07) is 8.18. The van der Waals surface area contributed by atoms with E-state index in [4.69, 9.17) is 4.74 Å². The average Bonchev–Trinajstić information content (AvgIpc) is 2.73. The standard InChI is InChI=1S/C21H33N5O2.HI/c1-3-12-25-14-9-17(10-15-25)24-21(22-2)23-11-6-13-26-18-7-4-5-8-19(18)28-16-20(26)27;/h4-5,7-8,17H,3,6,9-16H2,1-2H3,(H2,22,23,24);1H. The molecule has 0 radical (unpaired) electrons. The van der Waals surface area contributed by atoms with E-state index in [9.17, 15) is 4.79 Å². The molecule has 2 heterocycles. The summed E-state index contributed by atoms with van der Waals surface area (Å²) < 4.78 is 5.50. The molecule has 0 unspecified atom stereocenters. The van der Waals surface area contributed by atoms with Gasteiger partial charge in [-0.1, -0.05) is 19.1 Å². The molecule has 0 spiro atoms. The highest BCUT2D eigenvalue weighted by Crippen LogP contribution is 2.31. The number of likely N-dealkylation sites (tertiary alicyclic amines) is 1. The number of amides is 1. The zero-order chi connectivity index (χ0) is 19.8. The molecular formula is C21H34IN5O2. The quantitative estimate of drug-likeness (QED) is 0.253. The van der Waals surface area contributed by atoms with Gasteiger partial charge in [-0.3, -0.25) is 9.79 Å². The van der Waals surface area contributed by atoms with Crippen molar-refractivity contribution in [2.24, 2.45) is 4.99 Å². The third-order valence-electron chi connectivity index (χ3n) is 5.35. The van der Waals surface area contributed by atoms with Crippen molar-refractivity contribution in [2.45, 2.75) is 38.6 Å². The highest BCUT2D eigenvalue weighted by Gasteiger charge is 2.24. The van der Waals surface area contributed by atoms with Crippen LogP contribution in [0.25, 0.3) is 0 Å². The number of anilines is 1. The zero-order valence-electron chi connectivity index (χ0n) is 17.5. The number of carbonyl (C=O) groups is 1. The molecule has 29 heavy (non-hydrogen) atoms. The Morgan fingerprint density at radius 1 is 1.24 bits per heavy atom. The Morgan fingerprint density at radius 3 is 2.72 bits per heavy atom. The lowest BCUT2D eigenvalue weighted by Gasteiger charge is -2.33. The van der Waals surface area contributed by atoms with Crippen molar-refractivity contribution in [3.8, 4) is 5.75 Å². The van der Waals surface area contributed by atoms with Crippen LogP contribution in [0.1, 0.15) is 32.6 Å². The van der Waals surface area contributed by atoms with Crippen molar-refractivity contribution in [3.05, 3.63) is 24.3 Å². The number of guanidine groups is 1. The van der Waals surface area contributed by atoms with Gasteiger partial charge in [-0.05, 0) is 44.4 Å². The second-order valence-electron chi connectivity index (χ2n) is 7.41. The predicted molar refractivity (Wildman–Crippen MR) is 129 cm³/mol. The van der Waals surface area contributed by atoms with Gasteiger partial charge in [0.1, 0.15) is 5.75 Å². The highest BCUT2D eigenvalue weighted by atomic mass is 127. The highest BCUT2D eigenvalue weighted by molar-refractivity contribution is 14.0. The maximum absolute atomic E-state index is 12.2. The maximum atomic E-state index is 12.2. The number of ether oxygens (including phenoxy) is 1. The normalized spacial score (nSPS) is 17.9. The molecule has 7 nitrogen and oxygen atoms in total. The Balaban J connectivity index is 0.00000300. The van der Waals surface area contributed by atoms with Crippen LogP contribution in [0.4, 0.5) is 5.69 Å². The molecule has 0 aliphatic carbocycles. The van der Waals surface area contributed by atoms with Crippen LogP contribution in [0.3, 0.4) is 0 Å². The number of nitrogens with one attached hydrogen (secondary N) is 2. The number of fused-ring (bicyclic) bond motifs is 1. The second-order valence-corrected chi connectivity index (χ2v) is 7.41. The van der Waals surface area contributed by atoms with Gasteiger partial charge in [0, 0.05) is 39.3 Å². The number of benzene rings is 1. The second kappa shape index (κ2) is 12.2. The average molecular weight is 515 g/mol. The lowest BCUT2D eigenvalue weighted by molar-refractivity contribution is -0.121. The van der Waals surface area contributed by atoms with Gasteiger partial charge in [-0.2, -0.15) is 0 Å². The summed E-state index contributed by atoms with van der Waals surface area (Å²) in [5, 5.41) is 6.93. The molecule has 1 aromatic rings. The van der Waals surface area contributed by atoms with Gasteiger partial charge >= 0.3 is 0 Å². The summed E-state index contributed by atoms with van der Waals surface area (Å²) in [6.45, 7) is 7.29. The summed E-state index contributed by atoms with van der Waals surface area (Å²) in [5.74, 6) is 1.64. The Kier molecular flexibility index (Phi) is 9.99. The molecule has 0 aromatic heterocycles. The van der Waals surface area contributed by atoms with Gasteiger partial charge in [-0.25, -0.2) is 0 Å². The van der Waals surface area contributed by atoms with Gasteiger partial charge in [-0.15, -0.1) is 24.0 Å². The number of piperidine rings is 1. The Bertz CT molecular complexity index is 677. The van der Waals surface area contributed by atoms with Gasteiger partial charge in [0.2, 0.25) is 0 Å². The van der Waals surface area contributed by atoms with Crippen LogP contribution < -0.4 is 20.3 Å². The minimum absolute atomic E-state index is 0. The summed E-state index contributed by atoms with van der Waals surface area (Å²) in [5.41, 5.74) is 0.861. The van der Waals surface area contributed by atoms with Crippen LogP contribution in [-0.4, -0.2) is 69.2 Å². The largest absolute Gasteiger partial charge is 0.482 e. The zero-order valence-corrected chi connectivity index (χ0v) is 19.9. The molecule has 2 N–H and O–H groups in total. The molecule has 0 saturated carbocycles. The minimum Gasteiger partial charge on any atom is -0.482 e. The first-order valence-electron chi connectivity index (χ1n) is 10.4. The lowest BCUT2D eigenvalue weighted by atomic mass is 10.1. The van der Waals surface area contributed by atoms with Gasteiger partial charge in [0.05, 0.1) is 5.69 Å². The molecule has 162 valence electrons. The van der Waals surface area contributed by atoms with E-state index < -0.39 is 0 Å². The van der Waals surface area contributed by atoms with Crippen molar-refractivity contribution in [2.75, 3.05) is 51.3 Å². The fourth-order valence-corrected chi connectivity index (χ4v) is 3.85. The van der Waals surface area contributed by atoms with E-state index in [-0.39, 0.29) is 36.5 Å². The van der Waals surface area contributed by atoms with Gasteiger partial charge in [0.15, 0.2) is 12.6 Å². The van der Waals surface area contributed by atoms with Crippen molar-refractivity contribution >= 4 is 41.5 Å². The first-order valence-corrected chi connectivity index (χ1v) is 10.4. The topological polar surface area (TPSA) is 69.2 Å². The number of hydrogen-bond donors (Lipinski definition) is 2. The van der Waals surface area contributed by atoms with E-state index in [0.29, 0.717) is 12.6 Å². The number of rotatable bonds is 7. The van der Waals surface area contributed by atoms with Crippen LogP contribution in [0.15, 0.2) is 29.3 Å². The monoisotopic (exact) mass is 515 g/mol. The summed E-state index contributed by atoms with van der Waals surface area (Å²) in [4.78, 5) is 20.9. The van der Waals surface area contributed by atoms with E-state index in [1.165, 1.54) is 13.0 Å². The van der Waals surface area contributed by atoms with Crippen LogP contribution in [0.2, 0.25) is 0 Å². The fraction of sp³-hybridized carbons (Fsp3) is 0.619. The molecule has 2 aliphatic heterocycles. The number of para-hydroxylation sites is 2. The number of hydrogen-bond acceptors (Lipinski definition) is 4. The smallest absolute Gasteiger partial charge is 0.265 e. The molecule has 1 aromatic carbocycles. The SMILES string of the molecule is CCCN1CCC(NC(=NC)NCCCN2C(=O)COc3ccccc32)CC1.I. The summed E-state index contributed by atoms with van der Waals surface area (Å²) in [7, 11) is 1.81. The number of halogens is 1. The van der Waals surface area contributed by atoms with E-state index in [0.717, 1.165) is 56.3 Å². The summed E-state index contributed by atoms with van der Waals surface area (Å²) >= 11 is 0. The van der Waals surface area contributed by atoms with Crippen LogP contribution in [0.5, 0.6) is 5.75 Å². The Labute approximate surface area is 191 Å². The predicted octanol–water partition coefficient (Wildman–Crippen LogP) is 2.46. The number of nitrogens with zero attached hydrogens (tertiary/aromatic N) is 3. The first-order chi connectivity index (χ1) is 13.7. The maximum Gasteiger partial charge on any atom is 0.265 e. The molecule has 1 fully saturated rings. The third kappa shape index (κ3) is 6.74. The van der Waals surface area contributed by atoms with Crippen molar-refractivity contribution in [3.63, 3.8) is 0 Å². The van der Waals surface area contributed by atoms with Crippen molar-refractivity contribution in [1.82, 2.24) is 15.5 Å². The van der Waals surface area contributed by atoms with Crippen LogP contribution >= 0.6 is 24.0 Å². The Morgan fingerprint density at radius 2 is 2.00 bits per heavy atom. The van der Waals surface area contributed by atoms with E-state index in [2.05, 4.69) is 27.4 Å². The molecule has 3 rings (SSSR count). The van der Waals surface area contributed by atoms with Gasteiger partial charge in [0.25, 0.3) is 5.91 Å². The summed E-state index contributed by atoms with van der Waals surface area (Å²) in [6.07, 6.45) is 4.37. The van der Waals surface area contributed by atoms with Crippen molar-refractivity contribution < 1.29 is 9.53 Å². The number of carbonyl (C=O) groups excluding carboxylic acids is 1. The minimum atomic E-state index is 0. The van der Waals surface area contributed by atoms with E-state index in [1.807, 2.05) is 36.2 Å². The van der Waals surface area contributed by atoms with Crippen molar-refractivity contribution in [1.29, 1.82) is 0 Å². The molecule has 1 amide bonds. The first kappa shape index (κ1) is 23.7. The number of aliphatic imine (C=N–C) groups is 1. The molecule has 8 heteroatoms. The van der Waals surface area contributed by atoms with Crippen LogP contribution in [0, 0.1) is 0 Å². The van der Waals surface area contributed by atoms with E-state index >= 15 is 0 Å². The van der Waals surface area contributed by atoms with Crippen LogP contribution in [-0.2, 0) is 4.79 Å². The molecular weight excluding hydrogens is 481 g/mol. The molecule has 2 aliphatic rings. The van der Waals surface area contributed by atoms with E-state index in [1.54, 1.807) is 0 Å². The molecule has 0 bridgehead atoms. The fourth-order valence-electron chi connectivity index (χ4n) is 3.85. The van der Waals surface area contributed by atoms with Gasteiger partial charge < -0.3 is 25.2 Å². The third-order valence-corrected chi connectivity index (χ3v) is 5.35. The molecule has 1 saturated heterocycles. The molecule has 0 atom stereocenters. The Hall–Kier alpha value is -1.55. The lowest BCUT2D eigenvalue weighted by Crippen LogP contribution is -2.49.